The molecule has 0 unspecified atom stereocenters. The van der Waals surface area contributed by atoms with Crippen molar-refractivity contribution >= 4 is 0 Å². The molecule has 0 atom stereocenters. The maximum atomic E-state index is 4.14. The Morgan fingerprint density at radius 3 is 2.44 bits per heavy atom. The van der Waals surface area contributed by atoms with Gasteiger partial charge in [-0.25, -0.2) is 0 Å². The summed E-state index contributed by atoms with van der Waals surface area (Å²) in [5, 5.41) is 0. The van der Waals surface area contributed by atoms with Crippen LogP contribution in [0.15, 0.2) is 61.3 Å². The van der Waals surface area contributed by atoms with Gasteiger partial charge in [-0.3, -0.25) is 15.0 Å². The van der Waals surface area contributed by atoms with E-state index in [9.17, 15) is 0 Å². The second-order valence-corrected chi connectivity index (χ2v) is 3.82. The molecule has 0 amide bonds. The number of nitrogens with zero attached hydrogens (tertiary/aromatic N) is 3. The zero-order chi connectivity index (χ0) is 12.2. The van der Waals surface area contributed by atoms with Crippen molar-refractivity contribution < 1.29 is 0 Å². The summed E-state index contributed by atoms with van der Waals surface area (Å²) in [5.41, 5.74) is 4.15. The highest BCUT2D eigenvalue weighted by molar-refractivity contribution is 5.81. The molecule has 0 aliphatic carbocycles. The SMILES string of the molecule is [c]1nccc(-c2ccncc2)c1-c1cccnc1. The number of rotatable bonds is 2. The smallest absolute Gasteiger partial charge is 0.0977 e. The molecule has 0 aliphatic rings. The Hall–Kier alpha value is -2.55. The minimum Gasteiger partial charge on any atom is -0.265 e. The highest BCUT2D eigenvalue weighted by Crippen LogP contribution is 2.29. The van der Waals surface area contributed by atoms with Crippen molar-refractivity contribution in [1.29, 1.82) is 0 Å². The molecule has 18 heavy (non-hydrogen) atoms. The summed E-state index contributed by atoms with van der Waals surface area (Å²) in [4.78, 5) is 12.2. The molecule has 0 saturated carbocycles. The number of aromatic nitrogens is 3. The highest BCUT2D eigenvalue weighted by Gasteiger charge is 2.07. The van der Waals surface area contributed by atoms with Crippen LogP contribution in [-0.2, 0) is 0 Å². The van der Waals surface area contributed by atoms with Gasteiger partial charge >= 0.3 is 0 Å². The van der Waals surface area contributed by atoms with Gasteiger partial charge in [0.1, 0.15) is 0 Å². The molecular formula is C15H10N3. The molecule has 3 aromatic heterocycles. The van der Waals surface area contributed by atoms with E-state index in [-0.39, 0.29) is 0 Å². The zero-order valence-corrected chi connectivity index (χ0v) is 9.62. The molecule has 0 spiro atoms. The number of hydrogen-bond donors (Lipinski definition) is 0. The van der Waals surface area contributed by atoms with Crippen LogP contribution >= 0.6 is 0 Å². The van der Waals surface area contributed by atoms with Crippen molar-refractivity contribution in [3.05, 3.63) is 67.5 Å². The lowest BCUT2D eigenvalue weighted by Crippen LogP contribution is -1.88. The molecule has 0 bridgehead atoms. The van der Waals surface area contributed by atoms with E-state index < -0.39 is 0 Å². The average molecular weight is 232 g/mol. The summed E-state index contributed by atoms with van der Waals surface area (Å²) in [5.74, 6) is 0. The molecule has 0 N–H and O–H groups in total. The predicted molar refractivity (Wildman–Crippen MR) is 69.5 cm³/mol. The fourth-order valence-electron chi connectivity index (χ4n) is 1.86. The van der Waals surface area contributed by atoms with Crippen LogP contribution in [0.5, 0.6) is 0 Å². The first-order valence-electron chi connectivity index (χ1n) is 5.62. The summed E-state index contributed by atoms with van der Waals surface area (Å²) in [6.45, 7) is 0. The molecule has 0 saturated heterocycles. The van der Waals surface area contributed by atoms with Crippen LogP contribution in [0.3, 0.4) is 0 Å². The van der Waals surface area contributed by atoms with E-state index in [0.29, 0.717) is 0 Å². The van der Waals surface area contributed by atoms with Gasteiger partial charge in [-0.05, 0) is 35.4 Å². The quantitative estimate of drug-likeness (QED) is 0.681. The normalized spacial score (nSPS) is 10.2. The molecule has 3 heteroatoms. The second kappa shape index (κ2) is 4.75. The molecule has 3 nitrogen and oxygen atoms in total. The molecule has 0 fully saturated rings. The van der Waals surface area contributed by atoms with E-state index in [0.717, 1.165) is 22.3 Å². The largest absolute Gasteiger partial charge is 0.265 e. The van der Waals surface area contributed by atoms with Gasteiger partial charge in [0, 0.05) is 42.1 Å². The fourth-order valence-corrected chi connectivity index (χ4v) is 1.86. The first kappa shape index (κ1) is 10.6. The van der Waals surface area contributed by atoms with E-state index in [1.54, 1.807) is 24.8 Å². The van der Waals surface area contributed by atoms with Gasteiger partial charge in [-0.2, -0.15) is 0 Å². The van der Waals surface area contributed by atoms with E-state index in [1.807, 2.05) is 36.5 Å². The van der Waals surface area contributed by atoms with E-state index in [4.69, 9.17) is 0 Å². The van der Waals surface area contributed by atoms with Crippen LogP contribution in [0.25, 0.3) is 22.3 Å². The third-order valence-corrected chi connectivity index (χ3v) is 2.70. The summed E-state index contributed by atoms with van der Waals surface area (Å²) in [6.07, 6.45) is 11.9. The minimum absolute atomic E-state index is 0.955. The van der Waals surface area contributed by atoms with Gasteiger partial charge in [0.2, 0.25) is 0 Å². The molecule has 1 radical (unpaired) electrons. The number of hydrogen-bond acceptors (Lipinski definition) is 3. The molecule has 0 aromatic carbocycles. The summed E-state index contributed by atoms with van der Waals surface area (Å²) in [6, 6.07) is 9.85. The first-order valence-corrected chi connectivity index (χ1v) is 5.62. The van der Waals surface area contributed by atoms with Crippen LogP contribution in [0.4, 0.5) is 0 Å². The van der Waals surface area contributed by atoms with Crippen molar-refractivity contribution in [3.63, 3.8) is 0 Å². The van der Waals surface area contributed by atoms with Gasteiger partial charge < -0.3 is 0 Å². The monoisotopic (exact) mass is 232 g/mol. The Kier molecular flexibility index (Phi) is 2.80. The fraction of sp³-hybridized carbons (Fsp3) is 0. The van der Waals surface area contributed by atoms with Crippen LogP contribution in [0.2, 0.25) is 0 Å². The lowest BCUT2D eigenvalue weighted by molar-refractivity contribution is 1.28. The van der Waals surface area contributed by atoms with E-state index in [1.165, 1.54) is 0 Å². The van der Waals surface area contributed by atoms with Crippen LogP contribution in [0, 0.1) is 6.20 Å². The number of pyridine rings is 3. The molecule has 3 aromatic rings. The van der Waals surface area contributed by atoms with Crippen LogP contribution in [-0.4, -0.2) is 15.0 Å². The van der Waals surface area contributed by atoms with Crippen molar-refractivity contribution in [3.8, 4) is 22.3 Å². The van der Waals surface area contributed by atoms with Gasteiger partial charge in [0.25, 0.3) is 0 Å². The van der Waals surface area contributed by atoms with Crippen molar-refractivity contribution in [1.82, 2.24) is 15.0 Å². The Balaban J connectivity index is 2.18. The molecular weight excluding hydrogens is 222 g/mol. The van der Waals surface area contributed by atoms with Gasteiger partial charge in [-0.1, -0.05) is 6.07 Å². The summed E-state index contributed by atoms with van der Waals surface area (Å²) >= 11 is 0. The third kappa shape index (κ3) is 1.98. The third-order valence-electron chi connectivity index (χ3n) is 2.70. The topological polar surface area (TPSA) is 38.7 Å². The highest BCUT2D eigenvalue weighted by atomic mass is 14.6. The first-order chi connectivity index (χ1) is 8.95. The van der Waals surface area contributed by atoms with Crippen LogP contribution in [0.1, 0.15) is 0 Å². The predicted octanol–water partition coefficient (Wildman–Crippen LogP) is 3.01. The Morgan fingerprint density at radius 2 is 1.67 bits per heavy atom. The molecule has 0 aliphatic heterocycles. The van der Waals surface area contributed by atoms with Crippen molar-refractivity contribution in [2.75, 3.05) is 0 Å². The average Bonchev–Trinajstić information content (AvgIpc) is 2.49. The van der Waals surface area contributed by atoms with E-state index in [2.05, 4.69) is 21.1 Å². The maximum Gasteiger partial charge on any atom is 0.0977 e. The Morgan fingerprint density at radius 1 is 0.778 bits per heavy atom. The maximum absolute atomic E-state index is 4.14. The molecule has 85 valence electrons. The van der Waals surface area contributed by atoms with Crippen molar-refractivity contribution in [2.45, 2.75) is 0 Å². The Labute approximate surface area is 105 Å². The summed E-state index contributed by atoms with van der Waals surface area (Å²) < 4.78 is 0. The molecule has 3 heterocycles. The lowest BCUT2D eigenvalue weighted by Gasteiger charge is -2.07. The lowest BCUT2D eigenvalue weighted by atomic mass is 9.98. The second-order valence-electron chi connectivity index (χ2n) is 3.82. The Bertz CT molecular complexity index is 578. The zero-order valence-electron chi connectivity index (χ0n) is 9.62. The van der Waals surface area contributed by atoms with Gasteiger partial charge in [0.15, 0.2) is 0 Å². The van der Waals surface area contributed by atoms with Crippen LogP contribution < -0.4 is 0 Å². The minimum atomic E-state index is 0.955. The van der Waals surface area contributed by atoms with E-state index >= 15 is 0 Å². The summed E-state index contributed by atoms with van der Waals surface area (Å²) in [7, 11) is 0. The van der Waals surface area contributed by atoms with Crippen molar-refractivity contribution in [2.24, 2.45) is 0 Å². The van der Waals surface area contributed by atoms with Gasteiger partial charge in [0.05, 0.1) is 6.20 Å². The standard InChI is InChI=1S/C15H10N3/c1-2-13(10-17-6-1)15-11-18-9-5-14(15)12-3-7-16-8-4-12/h1-10H. The molecule has 3 rings (SSSR count). The van der Waals surface area contributed by atoms with Gasteiger partial charge in [-0.15, -0.1) is 0 Å².